The molecule has 2 aliphatic rings. The number of rotatable bonds is 5. The molecule has 30 heavy (non-hydrogen) atoms. The molecule has 0 spiro atoms. The van der Waals surface area contributed by atoms with Crippen LogP contribution in [-0.4, -0.2) is 48.2 Å². The van der Waals surface area contributed by atoms with E-state index in [1.165, 1.54) is 14.2 Å². The molecule has 0 heterocycles. The van der Waals surface area contributed by atoms with E-state index in [9.17, 15) is 15.0 Å². The summed E-state index contributed by atoms with van der Waals surface area (Å²) in [7, 11) is 3.05. The van der Waals surface area contributed by atoms with E-state index in [1.807, 2.05) is 27.7 Å². The molecule has 0 aromatic heterocycles. The van der Waals surface area contributed by atoms with Crippen LogP contribution in [0.4, 0.5) is 0 Å². The Kier molecular flexibility index (Phi) is 6.21. The van der Waals surface area contributed by atoms with Crippen LogP contribution in [0.5, 0.6) is 11.5 Å². The fourth-order valence-electron chi connectivity index (χ4n) is 5.24. The summed E-state index contributed by atoms with van der Waals surface area (Å²) in [4.78, 5) is 13.1. The number of ether oxygens (including phenoxy) is 3. The van der Waals surface area contributed by atoms with Crippen molar-refractivity contribution >= 4 is 5.97 Å². The van der Waals surface area contributed by atoms with E-state index in [1.54, 1.807) is 18.2 Å². The highest BCUT2D eigenvalue weighted by Gasteiger charge is 2.63. The van der Waals surface area contributed by atoms with Crippen LogP contribution in [0.1, 0.15) is 57.3 Å². The van der Waals surface area contributed by atoms with E-state index in [2.05, 4.69) is 6.08 Å². The maximum Gasteiger partial charge on any atom is 0.338 e. The van der Waals surface area contributed by atoms with E-state index in [0.29, 0.717) is 29.9 Å². The van der Waals surface area contributed by atoms with Gasteiger partial charge in [-0.1, -0.05) is 32.4 Å². The molecule has 3 rings (SSSR count). The second kappa shape index (κ2) is 8.23. The van der Waals surface area contributed by atoms with Gasteiger partial charge in [-0.25, -0.2) is 4.79 Å². The Labute approximate surface area is 178 Å². The monoisotopic (exact) mass is 418 g/mol. The number of fused-ring (bicyclic) bond motifs is 1. The molecule has 0 amide bonds. The highest BCUT2D eigenvalue weighted by atomic mass is 16.5. The first kappa shape index (κ1) is 22.6. The van der Waals surface area contributed by atoms with Crippen molar-refractivity contribution in [3.05, 3.63) is 35.4 Å². The lowest BCUT2D eigenvalue weighted by molar-refractivity contribution is -0.113. The Bertz CT molecular complexity index is 831. The second-order valence-corrected chi connectivity index (χ2v) is 9.32. The average Bonchev–Trinajstić information content (AvgIpc) is 2.82. The summed E-state index contributed by atoms with van der Waals surface area (Å²) >= 11 is 0. The van der Waals surface area contributed by atoms with Crippen molar-refractivity contribution < 1.29 is 29.2 Å². The number of carbonyl (C=O) groups is 1. The van der Waals surface area contributed by atoms with Gasteiger partial charge in [-0.15, -0.1) is 0 Å². The summed E-state index contributed by atoms with van der Waals surface area (Å²) < 4.78 is 16.6. The van der Waals surface area contributed by atoms with E-state index in [0.717, 1.165) is 5.57 Å². The zero-order valence-electron chi connectivity index (χ0n) is 18.8. The Morgan fingerprint density at radius 1 is 1.20 bits per heavy atom. The molecule has 5 atom stereocenters. The molecule has 0 bridgehead atoms. The molecule has 2 N–H and O–H groups in total. The molecule has 0 unspecified atom stereocenters. The minimum atomic E-state index is -1.12. The summed E-state index contributed by atoms with van der Waals surface area (Å²) in [5, 5.41) is 22.5. The number of aliphatic hydroxyl groups is 2. The molecular weight excluding hydrogens is 384 g/mol. The van der Waals surface area contributed by atoms with Gasteiger partial charge in [-0.3, -0.25) is 0 Å². The van der Waals surface area contributed by atoms with Crippen molar-refractivity contribution in [3.8, 4) is 11.5 Å². The Hall–Kier alpha value is -2.05. The number of carbonyl (C=O) groups excluding carboxylic acids is 1. The van der Waals surface area contributed by atoms with Crippen LogP contribution in [0.2, 0.25) is 0 Å². The molecule has 0 saturated heterocycles. The number of methoxy groups -OCH3 is 2. The van der Waals surface area contributed by atoms with Crippen LogP contribution in [-0.2, 0) is 4.74 Å². The molecule has 1 saturated carbocycles. The van der Waals surface area contributed by atoms with Gasteiger partial charge in [0.05, 0.1) is 31.5 Å². The lowest BCUT2D eigenvalue weighted by Crippen LogP contribution is -2.50. The van der Waals surface area contributed by atoms with Crippen LogP contribution in [0.15, 0.2) is 29.8 Å². The van der Waals surface area contributed by atoms with Gasteiger partial charge in [0, 0.05) is 24.2 Å². The normalized spacial score (nSPS) is 33.5. The van der Waals surface area contributed by atoms with Gasteiger partial charge in [0.1, 0.15) is 6.10 Å². The van der Waals surface area contributed by atoms with Crippen LogP contribution >= 0.6 is 0 Å². The first-order valence-corrected chi connectivity index (χ1v) is 10.6. The molecule has 2 aliphatic carbocycles. The summed E-state index contributed by atoms with van der Waals surface area (Å²) in [6.07, 6.45) is 2.35. The maximum absolute atomic E-state index is 13.1. The van der Waals surface area contributed by atoms with Gasteiger partial charge in [0.15, 0.2) is 11.5 Å². The third kappa shape index (κ3) is 3.71. The summed E-state index contributed by atoms with van der Waals surface area (Å²) in [6, 6.07) is 4.90. The number of esters is 1. The lowest BCUT2D eigenvalue weighted by Gasteiger charge is -2.43. The van der Waals surface area contributed by atoms with Crippen molar-refractivity contribution in [1.82, 2.24) is 0 Å². The highest BCUT2D eigenvalue weighted by Crippen LogP contribution is 2.58. The van der Waals surface area contributed by atoms with E-state index in [4.69, 9.17) is 14.2 Å². The van der Waals surface area contributed by atoms with Crippen LogP contribution in [0, 0.1) is 17.3 Å². The molecule has 1 aromatic rings. The molecule has 166 valence electrons. The largest absolute Gasteiger partial charge is 0.493 e. The first-order valence-electron chi connectivity index (χ1n) is 10.6. The Morgan fingerprint density at radius 2 is 1.87 bits per heavy atom. The Balaban J connectivity index is 1.96. The zero-order valence-corrected chi connectivity index (χ0v) is 18.8. The fourth-order valence-corrected chi connectivity index (χ4v) is 5.24. The fraction of sp³-hybridized carbons (Fsp3) is 0.625. The quantitative estimate of drug-likeness (QED) is 0.560. The van der Waals surface area contributed by atoms with E-state index in [-0.39, 0.29) is 18.3 Å². The number of hydrogen-bond donors (Lipinski definition) is 2. The standard InChI is InChI=1S/C24H34O6/c1-14(2)24(27)13-20(25)23(4)10-9-15(3)11-19(21(23)24)30-22(26)16-7-8-17(28-5)18(12-16)29-6/h7-9,12,14,19-21,25,27H,10-11,13H2,1-6H3/t19-,20-,21+,23-,24-/m1/s1. The predicted octanol–water partition coefficient (Wildman–Crippen LogP) is 3.74. The Morgan fingerprint density at radius 3 is 2.47 bits per heavy atom. The minimum absolute atomic E-state index is 0.0836. The lowest BCUT2D eigenvalue weighted by atomic mass is 9.67. The highest BCUT2D eigenvalue weighted by molar-refractivity contribution is 5.90. The number of allylic oxidation sites excluding steroid dienone is 1. The van der Waals surface area contributed by atoms with Gasteiger partial charge in [-0.05, 0) is 37.5 Å². The molecular formula is C24H34O6. The molecule has 6 nitrogen and oxygen atoms in total. The molecule has 6 heteroatoms. The first-order chi connectivity index (χ1) is 14.1. The van der Waals surface area contributed by atoms with Crippen LogP contribution in [0.25, 0.3) is 0 Å². The van der Waals surface area contributed by atoms with Crippen molar-refractivity contribution in [1.29, 1.82) is 0 Å². The van der Waals surface area contributed by atoms with Crippen LogP contribution in [0.3, 0.4) is 0 Å². The number of hydrogen-bond acceptors (Lipinski definition) is 6. The minimum Gasteiger partial charge on any atom is -0.493 e. The topological polar surface area (TPSA) is 85.2 Å². The molecule has 1 fully saturated rings. The van der Waals surface area contributed by atoms with Gasteiger partial charge >= 0.3 is 5.97 Å². The summed E-state index contributed by atoms with van der Waals surface area (Å²) in [5.41, 5.74) is -0.241. The SMILES string of the molecule is COc1ccc(C(=O)O[C@@H]2CC(C)=CC[C@]3(C)[C@H](O)C[C@@](O)(C(C)C)[C@@H]23)cc1OC. The number of aliphatic hydroxyl groups excluding tert-OH is 1. The van der Waals surface area contributed by atoms with E-state index >= 15 is 0 Å². The van der Waals surface area contributed by atoms with E-state index < -0.39 is 29.2 Å². The average molecular weight is 419 g/mol. The summed E-state index contributed by atoms with van der Waals surface area (Å²) in [5.74, 6) is 0.0367. The van der Waals surface area contributed by atoms with Crippen molar-refractivity contribution in [3.63, 3.8) is 0 Å². The molecule has 0 aliphatic heterocycles. The van der Waals surface area contributed by atoms with Gasteiger partial charge in [-0.2, -0.15) is 0 Å². The second-order valence-electron chi connectivity index (χ2n) is 9.32. The number of benzene rings is 1. The summed E-state index contributed by atoms with van der Waals surface area (Å²) in [6.45, 7) is 7.91. The molecule has 0 radical (unpaired) electrons. The van der Waals surface area contributed by atoms with Crippen molar-refractivity contribution in [2.24, 2.45) is 17.3 Å². The van der Waals surface area contributed by atoms with Crippen molar-refractivity contribution in [2.45, 2.75) is 64.8 Å². The van der Waals surface area contributed by atoms with Crippen molar-refractivity contribution in [2.75, 3.05) is 14.2 Å². The predicted molar refractivity (Wildman–Crippen MR) is 114 cm³/mol. The van der Waals surface area contributed by atoms with Gasteiger partial charge in [0.25, 0.3) is 0 Å². The maximum atomic E-state index is 13.1. The molecule has 1 aromatic carbocycles. The third-order valence-corrected chi connectivity index (χ3v) is 7.19. The van der Waals surface area contributed by atoms with Gasteiger partial charge in [0.2, 0.25) is 0 Å². The smallest absolute Gasteiger partial charge is 0.338 e. The van der Waals surface area contributed by atoms with Crippen LogP contribution < -0.4 is 9.47 Å². The third-order valence-electron chi connectivity index (χ3n) is 7.19. The van der Waals surface area contributed by atoms with Gasteiger partial charge < -0.3 is 24.4 Å². The zero-order chi connectivity index (χ0) is 22.3.